The van der Waals surface area contributed by atoms with Crippen LogP contribution in [0, 0.1) is 5.82 Å². The summed E-state index contributed by atoms with van der Waals surface area (Å²) in [6.07, 6.45) is 5.99. The molecule has 128 valence electrons. The highest BCUT2D eigenvalue weighted by molar-refractivity contribution is 9.10. The van der Waals surface area contributed by atoms with Crippen LogP contribution in [0.4, 0.5) is 10.1 Å². The monoisotopic (exact) mass is 414 g/mol. The Kier molecular flexibility index (Phi) is 5.17. The number of rotatable bonds is 6. The maximum atomic E-state index is 13.6. The van der Waals surface area contributed by atoms with Gasteiger partial charge in [0.05, 0.1) is 4.47 Å². The lowest BCUT2D eigenvalue weighted by atomic mass is 10.1. The minimum absolute atomic E-state index is 0.286. The predicted molar refractivity (Wildman–Crippen MR) is 94.7 cm³/mol. The van der Waals surface area contributed by atoms with E-state index in [0.717, 1.165) is 24.0 Å². The molecule has 5 nitrogen and oxygen atoms in total. The first kappa shape index (κ1) is 17.3. The van der Waals surface area contributed by atoms with Gasteiger partial charge >= 0.3 is 0 Å². The number of hydrogen-bond acceptors (Lipinski definition) is 2. The van der Waals surface area contributed by atoms with E-state index in [1.165, 1.54) is 15.0 Å². The first-order chi connectivity index (χ1) is 11.5. The van der Waals surface area contributed by atoms with E-state index >= 15 is 0 Å². The molecule has 1 aliphatic rings. The molecular formula is C16H18BrFN3O2S+. The second-order valence-electron chi connectivity index (χ2n) is 5.84. The van der Waals surface area contributed by atoms with Crippen LogP contribution in [0.2, 0.25) is 0 Å². The van der Waals surface area contributed by atoms with Crippen LogP contribution < -0.4 is 14.8 Å². The minimum Gasteiger partial charge on any atom is -0.289 e. The molecular weight excluding hydrogens is 397 g/mol. The molecule has 8 heteroatoms. The lowest BCUT2D eigenvalue weighted by molar-refractivity contribution is -0.638. The van der Waals surface area contributed by atoms with Crippen molar-refractivity contribution in [3.8, 4) is 0 Å². The predicted octanol–water partition coefficient (Wildman–Crippen LogP) is 2.65. The average Bonchev–Trinajstić information content (AvgIpc) is 3.35. The summed E-state index contributed by atoms with van der Waals surface area (Å²) in [5.74, 6) is 5.85. The molecule has 0 saturated heterocycles. The third-order valence-electron chi connectivity index (χ3n) is 4.06. The number of nitrogens with two attached hydrogens (primary N) is 1. The summed E-state index contributed by atoms with van der Waals surface area (Å²) in [6.45, 7) is 0.286. The Hall–Kier alpha value is -1.51. The molecule has 1 saturated carbocycles. The van der Waals surface area contributed by atoms with Crippen molar-refractivity contribution >= 4 is 32.9 Å². The quantitative estimate of drug-likeness (QED) is 0.433. The SMILES string of the molecule is N[n+]1ccc(C2CC2)c(N(CCc2ccc(Br)c(F)c2)S(=O)O)c1. The summed E-state index contributed by atoms with van der Waals surface area (Å²) < 4.78 is 38.4. The van der Waals surface area contributed by atoms with Gasteiger partial charge in [-0.2, -0.15) is 0 Å². The van der Waals surface area contributed by atoms with E-state index in [1.54, 1.807) is 24.5 Å². The zero-order chi connectivity index (χ0) is 17.3. The van der Waals surface area contributed by atoms with Gasteiger partial charge in [0.15, 0.2) is 6.20 Å². The summed E-state index contributed by atoms with van der Waals surface area (Å²) in [6, 6.07) is 6.75. The third kappa shape index (κ3) is 3.93. The molecule has 3 N–H and O–H groups in total. The van der Waals surface area contributed by atoms with Crippen molar-refractivity contribution in [1.82, 2.24) is 0 Å². The largest absolute Gasteiger partial charge is 0.289 e. The summed E-state index contributed by atoms with van der Waals surface area (Å²) >= 11 is 0.935. The highest BCUT2D eigenvalue weighted by atomic mass is 79.9. The standard InChI is InChI=1S/C16H17BrFN3O2S/c17-14-4-1-11(9-15(14)18)5-8-21(24(22)23)16-10-20(19)7-6-13(16)12-2-3-12/h1,4,6-7,9-10,12H,2-3,5,8,19H2/p+1. The van der Waals surface area contributed by atoms with Crippen molar-refractivity contribution in [2.24, 2.45) is 0 Å². The zero-order valence-corrected chi connectivity index (χ0v) is 15.3. The number of aromatic nitrogens is 1. The normalized spacial score (nSPS) is 15.3. The van der Waals surface area contributed by atoms with Crippen molar-refractivity contribution in [2.45, 2.75) is 25.2 Å². The van der Waals surface area contributed by atoms with Gasteiger partial charge in [-0.25, -0.2) is 14.4 Å². The number of benzene rings is 1. The molecule has 24 heavy (non-hydrogen) atoms. The lowest BCUT2D eigenvalue weighted by Gasteiger charge is -2.21. The van der Waals surface area contributed by atoms with Crippen LogP contribution in [-0.4, -0.2) is 15.3 Å². The fourth-order valence-electron chi connectivity index (χ4n) is 2.67. The molecule has 0 bridgehead atoms. The van der Waals surface area contributed by atoms with Gasteiger partial charge in [0.1, 0.15) is 11.5 Å². The van der Waals surface area contributed by atoms with Gasteiger partial charge in [-0.05, 0) is 64.4 Å². The van der Waals surface area contributed by atoms with Crippen molar-refractivity contribution < 1.29 is 17.8 Å². The Balaban J connectivity index is 1.84. The molecule has 1 atom stereocenters. The highest BCUT2D eigenvalue weighted by Crippen LogP contribution is 2.44. The second-order valence-corrected chi connectivity index (χ2v) is 7.59. The van der Waals surface area contributed by atoms with Crippen molar-refractivity contribution in [1.29, 1.82) is 0 Å². The van der Waals surface area contributed by atoms with E-state index in [1.807, 2.05) is 6.07 Å². The minimum atomic E-state index is -2.18. The molecule has 2 aromatic rings. The molecule has 1 heterocycles. The molecule has 0 aliphatic heterocycles. The fraction of sp³-hybridized carbons (Fsp3) is 0.312. The number of nitrogens with zero attached hydrogens (tertiary/aromatic N) is 2. The molecule has 1 fully saturated rings. The maximum Gasteiger partial charge on any atom is 0.262 e. The van der Waals surface area contributed by atoms with Gasteiger partial charge < -0.3 is 0 Å². The molecule has 1 aromatic heterocycles. The van der Waals surface area contributed by atoms with E-state index < -0.39 is 11.3 Å². The molecule has 0 radical (unpaired) electrons. The number of nitrogen functional groups attached to an aromatic ring is 1. The molecule has 0 spiro atoms. The Bertz CT molecular complexity index is 786. The van der Waals surface area contributed by atoms with E-state index in [2.05, 4.69) is 15.9 Å². The van der Waals surface area contributed by atoms with Crippen LogP contribution in [0.5, 0.6) is 0 Å². The van der Waals surface area contributed by atoms with E-state index in [4.69, 9.17) is 5.84 Å². The van der Waals surface area contributed by atoms with Gasteiger partial charge in [0, 0.05) is 12.6 Å². The lowest BCUT2D eigenvalue weighted by Crippen LogP contribution is -2.45. The van der Waals surface area contributed by atoms with E-state index in [9.17, 15) is 13.2 Å². The Labute approximate surface area is 150 Å². The highest BCUT2D eigenvalue weighted by Gasteiger charge is 2.31. The summed E-state index contributed by atoms with van der Waals surface area (Å²) in [7, 11) is 0. The Morgan fingerprint density at radius 1 is 1.42 bits per heavy atom. The maximum absolute atomic E-state index is 13.6. The van der Waals surface area contributed by atoms with Crippen molar-refractivity contribution in [3.63, 3.8) is 0 Å². The van der Waals surface area contributed by atoms with E-state index in [0.29, 0.717) is 22.5 Å². The van der Waals surface area contributed by atoms with Crippen LogP contribution in [0.1, 0.15) is 29.9 Å². The van der Waals surface area contributed by atoms with Gasteiger partial charge in [-0.15, -0.1) is 0 Å². The Morgan fingerprint density at radius 3 is 2.79 bits per heavy atom. The van der Waals surface area contributed by atoms with Crippen molar-refractivity contribution in [3.05, 3.63) is 58.1 Å². The van der Waals surface area contributed by atoms with Crippen LogP contribution in [0.3, 0.4) is 0 Å². The first-order valence-corrected chi connectivity index (χ1v) is 9.44. The van der Waals surface area contributed by atoms with Gasteiger partial charge in [0.2, 0.25) is 6.20 Å². The van der Waals surface area contributed by atoms with Gasteiger partial charge in [0.25, 0.3) is 11.3 Å². The summed E-state index contributed by atoms with van der Waals surface area (Å²) in [4.78, 5) is 0. The summed E-state index contributed by atoms with van der Waals surface area (Å²) in [5, 5.41) is 0. The van der Waals surface area contributed by atoms with Crippen LogP contribution >= 0.6 is 15.9 Å². The summed E-state index contributed by atoms with van der Waals surface area (Å²) in [5.41, 5.74) is 2.44. The molecule has 3 rings (SSSR count). The topological polar surface area (TPSA) is 70.4 Å². The van der Waals surface area contributed by atoms with Crippen LogP contribution in [-0.2, 0) is 17.7 Å². The molecule has 1 aliphatic carbocycles. The molecule has 1 aromatic carbocycles. The molecule has 1 unspecified atom stereocenters. The number of anilines is 1. The zero-order valence-electron chi connectivity index (χ0n) is 12.9. The van der Waals surface area contributed by atoms with E-state index in [-0.39, 0.29) is 12.4 Å². The van der Waals surface area contributed by atoms with Crippen LogP contribution in [0.15, 0.2) is 41.1 Å². The average molecular weight is 415 g/mol. The number of halogens is 2. The Morgan fingerprint density at radius 2 is 2.17 bits per heavy atom. The van der Waals surface area contributed by atoms with Crippen LogP contribution in [0.25, 0.3) is 0 Å². The smallest absolute Gasteiger partial charge is 0.262 e. The third-order valence-corrected chi connectivity index (χ3v) is 5.45. The first-order valence-electron chi connectivity index (χ1n) is 7.58. The second kappa shape index (κ2) is 7.16. The fourth-order valence-corrected chi connectivity index (χ4v) is 3.48. The number of hydrogen-bond donors (Lipinski definition) is 2. The van der Waals surface area contributed by atoms with Gasteiger partial charge in [-0.1, -0.05) is 10.7 Å². The number of pyridine rings is 1. The van der Waals surface area contributed by atoms with Gasteiger partial charge in [-0.3, -0.25) is 8.86 Å². The molecule has 0 amide bonds. The van der Waals surface area contributed by atoms with Crippen molar-refractivity contribution in [2.75, 3.05) is 16.7 Å².